The van der Waals surface area contributed by atoms with E-state index >= 15 is 0 Å². The van der Waals surface area contributed by atoms with Crippen LogP contribution in [0.15, 0.2) is 0 Å². The van der Waals surface area contributed by atoms with E-state index in [-0.39, 0.29) is 5.91 Å². The molecule has 0 aromatic rings. The van der Waals surface area contributed by atoms with Crippen LogP contribution in [-0.4, -0.2) is 60.0 Å². The minimum Gasteiger partial charge on any atom is -0.343 e. The van der Waals surface area contributed by atoms with Gasteiger partial charge in [0.25, 0.3) is 0 Å². The quantitative estimate of drug-likeness (QED) is 0.815. The van der Waals surface area contributed by atoms with E-state index in [9.17, 15) is 4.79 Å². The van der Waals surface area contributed by atoms with Gasteiger partial charge in [-0.25, -0.2) is 0 Å². The Hall–Kier alpha value is -0.610. The molecule has 0 aromatic heterocycles. The van der Waals surface area contributed by atoms with E-state index in [4.69, 9.17) is 0 Å². The van der Waals surface area contributed by atoms with Crippen LogP contribution >= 0.6 is 0 Å². The standard InChI is InChI=1S/C15H27N3O/c1-11(19)18-7-5-12(6-8-18)16-13-9-14-3-4-15(10-13)17(14)2/h12-16H,3-10H2,1-2H3. The predicted octanol–water partition coefficient (Wildman–Crippen LogP) is 1.21. The Morgan fingerprint density at radius 2 is 1.58 bits per heavy atom. The van der Waals surface area contributed by atoms with E-state index in [1.807, 2.05) is 4.90 Å². The third-order valence-corrected chi connectivity index (χ3v) is 5.51. The van der Waals surface area contributed by atoms with Crippen LogP contribution in [0.3, 0.4) is 0 Å². The fourth-order valence-electron chi connectivity index (χ4n) is 4.24. The highest BCUT2D eigenvalue weighted by Crippen LogP contribution is 2.34. The normalized spacial score (nSPS) is 36.7. The molecule has 1 amide bonds. The third-order valence-electron chi connectivity index (χ3n) is 5.51. The molecule has 4 nitrogen and oxygen atoms in total. The lowest BCUT2D eigenvalue weighted by molar-refractivity contribution is -0.129. The number of carbonyl (C=O) groups is 1. The number of piperidine rings is 2. The van der Waals surface area contributed by atoms with Gasteiger partial charge in [0.05, 0.1) is 0 Å². The molecular formula is C15H27N3O. The molecule has 0 spiro atoms. The number of nitrogens with one attached hydrogen (secondary N) is 1. The number of amides is 1. The van der Waals surface area contributed by atoms with Crippen molar-refractivity contribution in [3.8, 4) is 0 Å². The fraction of sp³-hybridized carbons (Fsp3) is 0.933. The average Bonchev–Trinajstić information content (AvgIpc) is 2.63. The third kappa shape index (κ3) is 2.79. The van der Waals surface area contributed by atoms with Crippen molar-refractivity contribution in [3.63, 3.8) is 0 Å². The Labute approximate surface area is 116 Å². The molecular weight excluding hydrogens is 238 g/mol. The van der Waals surface area contributed by atoms with Crippen LogP contribution in [0, 0.1) is 0 Å². The summed E-state index contributed by atoms with van der Waals surface area (Å²) in [5.74, 6) is 0.232. The van der Waals surface area contributed by atoms with Gasteiger partial charge in [0.2, 0.25) is 5.91 Å². The molecule has 3 saturated heterocycles. The lowest BCUT2D eigenvalue weighted by Crippen LogP contribution is -2.52. The zero-order chi connectivity index (χ0) is 13.4. The van der Waals surface area contributed by atoms with Crippen LogP contribution in [0.2, 0.25) is 0 Å². The van der Waals surface area contributed by atoms with Gasteiger partial charge in [-0.15, -0.1) is 0 Å². The first-order valence-electron chi connectivity index (χ1n) is 7.87. The van der Waals surface area contributed by atoms with Crippen LogP contribution in [0.25, 0.3) is 0 Å². The number of likely N-dealkylation sites (tertiary alicyclic amines) is 1. The molecule has 1 N–H and O–H groups in total. The van der Waals surface area contributed by atoms with Gasteiger partial charge in [-0.05, 0) is 45.6 Å². The summed E-state index contributed by atoms with van der Waals surface area (Å²) in [4.78, 5) is 15.9. The second-order valence-corrected chi connectivity index (χ2v) is 6.67. The highest BCUT2D eigenvalue weighted by Gasteiger charge is 2.39. The van der Waals surface area contributed by atoms with Gasteiger partial charge < -0.3 is 15.1 Å². The van der Waals surface area contributed by atoms with Crippen LogP contribution in [0.4, 0.5) is 0 Å². The van der Waals surface area contributed by atoms with Crippen molar-refractivity contribution in [1.82, 2.24) is 15.1 Å². The molecule has 3 aliphatic heterocycles. The maximum atomic E-state index is 11.3. The summed E-state index contributed by atoms with van der Waals surface area (Å²) in [6, 6.07) is 2.97. The Kier molecular flexibility index (Phi) is 3.81. The summed E-state index contributed by atoms with van der Waals surface area (Å²) in [6.45, 7) is 3.56. The first kappa shape index (κ1) is 13.4. The molecule has 3 aliphatic rings. The van der Waals surface area contributed by atoms with E-state index < -0.39 is 0 Å². The number of fused-ring (bicyclic) bond motifs is 2. The average molecular weight is 265 g/mol. The molecule has 3 rings (SSSR count). The Morgan fingerprint density at radius 1 is 1.00 bits per heavy atom. The number of hydrogen-bond donors (Lipinski definition) is 1. The maximum absolute atomic E-state index is 11.3. The van der Waals surface area contributed by atoms with Gasteiger partial charge in [-0.2, -0.15) is 0 Å². The predicted molar refractivity (Wildman–Crippen MR) is 76.0 cm³/mol. The van der Waals surface area contributed by atoms with Crippen molar-refractivity contribution >= 4 is 5.91 Å². The molecule has 19 heavy (non-hydrogen) atoms. The first-order valence-corrected chi connectivity index (χ1v) is 7.87. The smallest absolute Gasteiger partial charge is 0.219 e. The number of hydrogen-bond acceptors (Lipinski definition) is 3. The van der Waals surface area contributed by atoms with Crippen molar-refractivity contribution in [2.75, 3.05) is 20.1 Å². The van der Waals surface area contributed by atoms with Crippen LogP contribution in [-0.2, 0) is 4.79 Å². The first-order chi connectivity index (χ1) is 9.13. The minimum atomic E-state index is 0.232. The van der Waals surface area contributed by atoms with Crippen molar-refractivity contribution in [1.29, 1.82) is 0 Å². The molecule has 3 fully saturated rings. The van der Waals surface area contributed by atoms with Crippen LogP contribution < -0.4 is 5.32 Å². The highest BCUT2D eigenvalue weighted by molar-refractivity contribution is 5.73. The molecule has 108 valence electrons. The van der Waals surface area contributed by atoms with E-state index in [2.05, 4.69) is 17.3 Å². The van der Waals surface area contributed by atoms with Crippen molar-refractivity contribution in [2.24, 2.45) is 0 Å². The zero-order valence-corrected chi connectivity index (χ0v) is 12.3. The molecule has 2 unspecified atom stereocenters. The summed E-state index contributed by atoms with van der Waals surface area (Å²) in [5.41, 5.74) is 0. The van der Waals surface area contributed by atoms with Gasteiger partial charge in [-0.1, -0.05) is 0 Å². The summed E-state index contributed by atoms with van der Waals surface area (Å²) in [6.07, 6.45) is 7.67. The number of carbonyl (C=O) groups excluding carboxylic acids is 1. The lowest BCUT2D eigenvalue weighted by Gasteiger charge is -2.40. The monoisotopic (exact) mass is 265 g/mol. The molecule has 0 radical (unpaired) electrons. The summed E-state index contributed by atoms with van der Waals surface area (Å²) in [7, 11) is 2.30. The SMILES string of the molecule is CC(=O)N1CCC(NC2CC3CCC(C2)N3C)CC1. The van der Waals surface area contributed by atoms with E-state index in [1.54, 1.807) is 6.92 Å². The molecule has 3 heterocycles. The van der Waals surface area contributed by atoms with Crippen molar-refractivity contribution in [2.45, 2.75) is 69.6 Å². The largest absolute Gasteiger partial charge is 0.343 e. The molecule has 2 atom stereocenters. The minimum absolute atomic E-state index is 0.232. The van der Waals surface area contributed by atoms with Gasteiger partial charge in [0.15, 0.2) is 0 Å². The number of rotatable bonds is 2. The van der Waals surface area contributed by atoms with Gasteiger partial charge in [0.1, 0.15) is 0 Å². The highest BCUT2D eigenvalue weighted by atomic mass is 16.2. The van der Waals surface area contributed by atoms with E-state index in [1.165, 1.54) is 25.7 Å². The zero-order valence-electron chi connectivity index (χ0n) is 12.3. The topological polar surface area (TPSA) is 35.6 Å². The second kappa shape index (κ2) is 5.41. The maximum Gasteiger partial charge on any atom is 0.219 e. The second-order valence-electron chi connectivity index (χ2n) is 6.67. The molecule has 0 saturated carbocycles. The summed E-state index contributed by atoms with van der Waals surface area (Å²) >= 11 is 0. The Bertz CT molecular complexity index is 324. The number of nitrogens with zero attached hydrogens (tertiary/aromatic N) is 2. The van der Waals surface area contributed by atoms with Crippen molar-refractivity contribution in [3.05, 3.63) is 0 Å². The van der Waals surface area contributed by atoms with E-state index in [0.717, 1.165) is 38.0 Å². The Morgan fingerprint density at radius 3 is 2.11 bits per heavy atom. The molecule has 2 bridgehead atoms. The van der Waals surface area contributed by atoms with Crippen LogP contribution in [0.5, 0.6) is 0 Å². The fourth-order valence-corrected chi connectivity index (χ4v) is 4.24. The van der Waals surface area contributed by atoms with Gasteiger partial charge >= 0.3 is 0 Å². The summed E-state index contributed by atoms with van der Waals surface area (Å²) in [5, 5.41) is 3.87. The molecule has 4 heteroatoms. The van der Waals surface area contributed by atoms with E-state index in [0.29, 0.717) is 12.1 Å². The molecule has 0 aromatic carbocycles. The molecule has 0 aliphatic carbocycles. The van der Waals surface area contributed by atoms with Gasteiger partial charge in [-0.3, -0.25) is 4.79 Å². The summed E-state index contributed by atoms with van der Waals surface area (Å²) < 4.78 is 0. The lowest BCUT2D eigenvalue weighted by atomic mass is 9.95. The Balaban J connectivity index is 1.47. The van der Waals surface area contributed by atoms with Crippen LogP contribution in [0.1, 0.15) is 45.4 Å². The van der Waals surface area contributed by atoms with Crippen molar-refractivity contribution < 1.29 is 4.79 Å². The van der Waals surface area contributed by atoms with Gasteiger partial charge in [0, 0.05) is 44.2 Å².